The topological polar surface area (TPSA) is 58.7 Å². The third-order valence-electron chi connectivity index (χ3n) is 3.51. The molecule has 1 aliphatic heterocycles. The Bertz CT molecular complexity index is 433. The van der Waals surface area contributed by atoms with E-state index in [0.29, 0.717) is 50.4 Å². The van der Waals surface area contributed by atoms with E-state index >= 15 is 0 Å². The number of likely N-dealkylation sites (N-methyl/N-ethyl adjacent to an activating group) is 1. The fourth-order valence-electron chi connectivity index (χ4n) is 2.45. The van der Waals surface area contributed by atoms with E-state index in [1.807, 2.05) is 11.9 Å². The van der Waals surface area contributed by atoms with Gasteiger partial charge in [-0.2, -0.15) is 0 Å². The van der Waals surface area contributed by atoms with Gasteiger partial charge < -0.3 is 15.6 Å². The molecule has 0 radical (unpaired) electrons. The van der Waals surface area contributed by atoms with Crippen molar-refractivity contribution in [3.05, 3.63) is 29.6 Å². The molecule has 1 aromatic rings. The Hall–Kier alpha value is -1.17. The molecule has 1 saturated heterocycles. The van der Waals surface area contributed by atoms with Gasteiger partial charge in [0.2, 0.25) is 0 Å². The minimum atomic E-state index is -0.725. The first kappa shape index (κ1) is 14.2. The number of nitrogens with two attached hydrogens (primary N) is 1. The number of hydrogen-bond donors (Lipinski definition) is 2. The van der Waals surface area contributed by atoms with Crippen LogP contribution >= 0.6 is 0 Å². The van der Waals surface area contributed by atoms with Crippen LogP contribution in [-0.2, 0) is 11.3 Å². The van der Waals surface area contributed by atoms with E-state index in [-0.39, 0.29) is 5.82 Å². The summed E-state index contributed by atoms with van der Waals surface area (Å²) in [6.07, 6.45) is 1.25. The molecule has 4 nitrogen and oxygen atoms in total. The minimum Gasteiger partial charge on any atom is -0.399 e. The maximum Gasteiger partial charge on any atom is 0.129 e. The number of halogens is 1. The van der Waals surface area contributed by atoms with Gasteiger partial charge in [0.1, 0.15) is 5.82 Å². The molecule has 0 amide bonds. The van der Waals surface area contributed by atoms with E-state index < -0.39 is 5.60 Å². The first-order valence-corrected chi connectivity index (χ1v) is 6.51. The summed E-state index contributed by atoms with van der Waals surface area (Å²) in [5.74, 6) is -0.300. The fourth-order valence-corrected chi connectivity index (χ4v) is 2.45. The van der Waals surface area contributed by atoms with E-state index in [1.165, 1.54) is 6.07 Å². The van der Waals surface area contributed by atoms with Gasteiger partial charge in [-0.3, -0.25) is 4.90 Å². The zero-order valence-electron chi connectivity index (χ0n) is 11.2. The fraction of sp³-hybridized carbons (Fsp3) is 0.571. The predicted molar refractivity (Wildman–Crippen MR) is 72.1 cm³/mol. The van der Waals surface area contributed by atoms with E-state index in [9.17, 15) is 9.50 Å². The van der Waals surface area contributed by atoms with Crippen LogP contribution in [0.1, 0.15) is 18.4 Å². The molecular weight excluding hydrogens is 247 g/mol. The molecule has 106 valence electrons. The van der Waals surface area contributed by atoms with Crippen molar-refractivity contribution in [2.75, 3.05) is 32.5 Å². The molecule has 0 bridgehead atoms. The number of hydrogen-bond acceptors (Lipinski definition) is 4. The van der Waals surface area contributed by atoms with Crippen molar-refractivity contribution in [1.29, 1.82) is 0 Å². The van der Waals surface area contributed by atoms with Gasteiger partial charge >= 0.3 is 0 Å². The zero-order chi connectivity index (χ0) is 13.9. The average molecular weight is 268 g/mol. The third-order valence-corrected chi connectivity index (χ3v) is 3.51. The second-order valence-electron chi connectivity index (χ2n) is 5.36. The van der Waals surface area contributed by atoms with Gasteiger partial charge in [0.05, 0.1) is 5.60 Å². The van der Waals surface area contributed by atoms with Gasteiger partial charge in [0.15, 0.2) is 0 Å². The molecule has 5 heteroatoms. The zero-order valence-corrected chi connectivity index (χ0v) is 11.2. The quantitative estimate of drug-likeness (QED) is 0.810. The molecule has 1 aliphatic rings. The SMILES string of the molecule is CN(Cc1ccc(N)cc1F)CC1(O)CCOCC1. The highest BCUT2D eigenvalue weighted by Gasteiger charge is 2.31. The van der Waals surface area contributed by atoms with Crippen LogP contribution in [0, 0.1) is 5.82 Å². The molecule has 0 aliphatic carbocycles. The molecule has 2 rings (SSSR count). The lowest BCUT2D eigenvalue weighted by Gasteiger charge is -2.35. The van der Waals surface area contributed by atoms with Crippen LogP contribution in [0.2, 0.25) is 0 Å². The van der Waals surface area contributed by atoms with E-state index in [2.05, 4.69) is 0 Å². The van der Waals surface area contributed by atoms with Crippen molar-refractivity contribution in [3.63, 3.8) is 0 Å². The normalized spacial score (nSPS) is 18.7. The van der Waals surface area contributed by atoms with E-state index in [1.54, 1.807) is 12.1 Å². The number of aliphatic hydroxyl groups is 1. The monoisotopic (exact) mass is 268 g/mol. The highest BCUT2D eigenvalue weighted by atomic mass is 19.1. The van der Waals surface area contributed by atoms with Gasteiger partial charge in [0.25, 0.3) is 0 Å². The lowest BCUT2D eigenvalue weighted by atomic mass is 9.94. The first-order chi connectivity index (χ1) is 8.98. The summed E-state index contributed by atoms with van der Waals surface area (Å²) in [6, 6.07) is 4.71. The number of benzene rings is 1. The van der Waals surface area contributed by atoms with Crippen LogP contribution in [0.25, 0.3) is 0 Å². The van der Waals surface area contributed by atoms with E-state index in [0.717, 1.165) is 0 Å². The number of ether oxygens (including phenoxy) is 1. The van der Waals surface area contributed by atoms with Crippen LogP contribution < -0.4 is 5.73 Å². The molecule has 1 aromatic carbocycles. The van der Waals surface area contributed by atoms with Crippen molar-refractivity contribution in [3.8, 4) is 0 Å². The van der Waals surface area contributed by atoms with Gasteiger partial charge in [-0.1, -0.05) is 6.07 Å². The Morgan fingerprint density at radius 1 is 1.42 bits per heavy atom. The number of nitrogen functional groups attached to an aromatic ring is 1. The van der Waals surface area contributed by atoms with Crippen LogP contribution in [-0.4, -0.2) is 42.4 Å². The maximum atomic E-state index is 13.7. The number of rotatable bonds is 4. The Labute approximate surface area is 113 Å². The summed E-state index contributed by atoms with van der Waals surface area (Å²) in [7, 11) is 1.88. The first-order valence-electron chi connectivity index (χ1n) is 6.51. The molecule has 0 saturated carbocycles. The van der Waals surface area contributed by atoms with Crippen LogP contribution in [0.4, 0.5) is 10.1 Å². The van der Waals surface area contributed by atoms with Gasteiger partial charge in [-0.15, -0.1) is 0 Å². The summed E-state index contributed by atoms with van der Waals surface area (Å²) >= 11 is 0. The molecule has 19 heavy (non-hydrogen) atoms. The highest BCUT2D eigenvalue weighted by molar-refractivity contribution is 5.40. The van der Waals surface area contributed by atoms with Gasteiger partial charge in [-0.05, 0) is 19.2 Å². The smallest absolute Gasteiger partial charge is 0.129 e. The molecule has 0 spiro atoms. The Morgan fingerprint density at radius 3 is 2.74 bits per heavy atom. The lowest BCUT2D eigenvalue weighted by molar-refractivity contribution is -0.0778. The highest BCUT2D eigenvalue weighted by Crippen LogP contribution is 2.22. The molecule has 0 unspecified atom stereocenters. The maximum absolute atomic E-state index is 13.7. The number of anilines is 1. The molecule has 0 atom stereocenters. The second-order valence-corrected chi connectivity index (χ2v) is 5.36. The minimum absolute atomic E-state index is 0.300. The van der Waals surface area contributed by atoms with Crippen molar-refractivity contribution < 1.29 is 14.2 Å². The molecule has 1 heterocycles. The summed E-state index contributed by atoms with van der Waals surface area (Å²) in [5, 5.41) is 10.4. The van der Waals surface area contributed by atoms with Crippen molar-refractivity contribution in [2.24, 2.45) is 0 Å². The predicted octanol–water partition coefficient (Wildman–Crippen LogP) is 1.38. The molecule has 0 aromatic heterocycles. The second kappa shape index (κ2) is 5.86. The standard InChI is InChI=1S/C14H21FN2O2/c1-17(10-14(18)4-6-19-7-5-14)9-11-2-3-12(16)8-13(11)15/h2-3,8,18H,4-7,9-10,16H2,1H3. The summed E-state index contributed by atoms with van der Waals surface area (Å²) in [5.41, 5.74) is 5.81. The van der Waals surface area contributed by atoms with Gasteiger partial charge in [-0.25, -0.2) is 4.39 Å². The Kier molecular flexibility index (Phi) is 4.39. The summed E-state index contributed by atoms with van der Waals surface area (Å²) < 4.78 is 18.9. The van der Waals surface area contributed by atoms with Gasteiger partial charge in [0, 0.05) is 50.4 Å². The summed E-state index contributed by atoms with van der Waals surface area (Å²) in [4.78, 5) is 1.93. The molecule has 1 fully saturated rings. The third kappa shape index (κ3) is 3.89. The largest absolute Gasteiger partial charge is 0.399 e. The molecular formula is C14H21FN2O2. The summed E-state index contributed by atoms with van der Waals surface area (Å²) in [6.45, 7) is 2.14. The lowest BCUT2D eigenvalue weighted by Crippen LogP contribution is -2.45. The van der Waals surface area contributed by atoms with E-state index in [4.69, 9.17) is 10.5 Å². The van der Waals surface area contributed by atoms with Crippen molar-refractivity contribution in [1.82, 2.24) is 4.90 Å². The number of nitrogens with zero attached hydrogens (tertiary/aromatic N) is 1. The Balaban J connectivity index is 1.95. The Morgan fingerprint density at radius 2 is 2.11 bits per heavy atom. The van der Waals surface area contributed by atoms with Crippen LogP contribution in [0.15, 0.2) is 18.2 Å². The van der Waals surface area contributed by atoms with Crippen molar-refractivity contribution >= 4 is 5.69 Å². The average Bonchev–Trinajstić information content (AvgIpc) is 2.33. The van der Waals surface area contributed by atoms with Crippen LogP contribution in [0.5, 0.6) is 0 Å². The van der Waals surface area contributed by atoms with Crippen molar-refractivity contribution in [2.45, 2.75) is 25.0 Å². The molecule has 3 N–H and O–H groups in total. The van der Waals surface area contributed by atoms with Crippen LogP contribution in [0.3, 0.4) is 0 Å².